The maximum absolute atomic E-state index is 11.4. The Morgan fingerprint density at radius 1 is 1.26 bits per heavy atom. The quantitative estimate of drug-likeness (QED) is 0.714. The molecule has 0 saturated carbocycles. The third kappa shape index (κ3) is 4.24. The SMILES string of the molecule is CC(=O)OCC(OC(C)=O)[C@@H](C)[C@@H]1OC(C)=C[C@H]2OC(C)=N[C@@H]12. The topological polar surface area (TPSA) is 83.4 Å². The Morgan fingerprint density at radius 3 is 2.57 bits per heavy atom. The van der Waals surface area contributed by atoms with Gasteiger partial charge in [-0.15, -0.1) is 0 Å². The van der Waals surface area contributed by atoms with E-state index < -0.39 is 18.0 Å². The van der Waals surface area contributed by atoms with E-state index in [2.05, 4.69) is 4.99 Å². The van der Waals surface area contributed by atoms with E-state index in [0.29, 0.717) is 5.90 Å². The second-order valence-corrected chi connectivity index (χ2v) is 5.89. The number of rotatable bonds is 5. The minimum absolute atomic E-state index is 0.0142. The van der Waals surface area contributed by atoms with E-state index in [1.54, 1.807) is 6.92 Å². The highest BCUT2D eigenvalue weighted by Gasteiger charge is 2.45. The lowest BCUT2D eigenvalue weighted by molar-refractivity contribution is -0.163. The largest absolute Gasteiger partial charge is 0.492 e. The smallest absolute Gasteiger partial charge is 0.303 e. The van der Waals surface area contributed by atoms with Crippen molar-refractivity contribution >= 4 is 17.8 Å². The first kappa shape index (κ1) is 17.3. The van der Waals surface area contributed by atoms with Gasteiger partial charge in [-0.2, -0.15) is 0 Å². The third-order valence-electron chi connectivity index (χ3n) is 3.90. The van der Waals surface area contributed by atoms with Gasteiger partial charge in [-0.1, -0.05) is 6.92 Å². The van der Waals surface area contributed by atoms with Crippen LogP contribution in [0.5, 0.6) is 0 Å². The molecule has 23 heavy (non-hydrogen) atoms. The van der Waals surface area contributed by atoms with Gasteiger partial charge in [-0.25, -0.2) is 4.99 Å². The van der Waals surface area contributed by atoms with E-state index in [9.17, 15) is 9.59 Å². The monoisotopic (exact) mass is 325 g/mol. The summed E-state index contributed by atoms with van der Waals surface area (Å²) in [5, 5.41) is 0. The predicted molar refractivity (Wildman–Crippen MR) is 81.8 cm³/mol. The number of allylic oxidation sites excluding steroid dienone is 1. The number of aliphatic imine (C=N–C) groups is 1. The molecule has 2 aliphatic rings. The van der Waals surface area contributed by atoms with Crippen molar-refractivity contribution in [3.05, 3.63) is 11.8 Å². The van der Waals surface area contributed by atoms with Crippen LogP contribution >= 0.6 is 0 Å². The lowest BCUT2D eigenvalue weighted by Crippen LogP contribution is -2.47. The normalized spacial score (nSPS) is 28.3. The maximum atomic E-state index is 11.4. The molecule has 2 rings (SSSR count). The fraction of sp³-hybridized carbons (Fsp3) is 0.688. The third-order valence-corrected chi connectivity index (χ3v) is 3.90. The van der Waals surface area contributed by atoms with Gasteiger partial charge < -0.3 is 18.9 Å². The van der Waals surface area contributed by atoms with Crippen molar-refractivity contribution in [2.75, 3.05) is 6.61 Å². The molecule has 0 aromatic rings. The second-order valence-electron chi connectivity index (χ2n) is 5.89. The van der Waals surface area contributed by atoms with E-state index in [4.69, 9.17) is 18.9 Å². The number of nitrogens with zero attached hydrogens (tertiary/aromatic N) is 1. The maximum Gasteiger partial charge on any atom is 0.303 e. The second kappa shape index (κ2) is 7.02. The molecular weight excluding hydrogens is 302 g/mol. The first-order valence-electron chi connectivity index (χ1n) is 7.64. The molecule has 0 bridgehead atoms. The van der Waals surface area contributed by atoms with Crippen LogP contribution in [-0.4, -0.2) is 48.8 Å². The minimum atomic E-state index is -0.607. The van der Waals surface area contributed by atoms with Gasteiger partial charge in [0.05, 0.1) is 5.76 Å². The van der Waals surface area contributed by atoms with E-state index >= 15 is 0 Å². The number of hydrogen-bond donors (Lipinski definition) is 0. The summed E-state index contributed by atoms with van der Waals surface area (Å²) in [5.41, 5.74) is 0. The zero-order chi connectivity index (χ0) is 17.1. The van der Waals surface area contributed by atoms with Crippen LogP contribution in [0.2, 0.25) is 0 Å². The van der Waals surface area contributed by atoms with Crippen molar-refractivity contribution in [3.63, 3.8) is 0 Å². The van der Waals surface area contributed by atoms with Crippen LogP contribution in [0.1, 0.15) is 34.6 Å². The molecule has 2 heterocycles. The van der Waals surface area contributed by atoms with Crippen LogP contribution < -0.4 is 0 Å². The molecule has 1 unspecified atom stereocenters. The molecule has 7 nitrogen and oxygen atoms in total. The van der Waals surface area contributed by atoms with Gasteiger partial charge in [-0.05, 0) is 13.0 Å². The molecule has 0 aromatic heterocycles. The zero-order valence-corrected chi connectivity index (χ0v) is 14.1. The van der Waals surface area contributed by atoms with E-state index in [0.717, 1.165) is 5.76 Å². The number of hydrogen-bond acceptors (Lipinski definition) is 7. The van der Waals surface area contributed by atoms with Crippen molar-refractivity contribution in [1.82, 2.24) is 0 Å². The Morgan fingerprint density at radius 2 is 1.96 bits per heavy atom. The van der Waals surface area contributed by atoms with Crippen molar-refractivity contribution in [1.29, 1.82) is 0 Å². The Labute approximate surface area is 135 Å². The zero-order valence-electron chi connectivity index (χ0n) is 14.1. The first-order chi connectivity index (χ1) is 10.8. The molecule has 7 heteroatoms. The van der Waals surface area contributed by atoms with Gasteiger partial charge >= 0.3 is 11.9 Å². The van der Waals surface area contributed by atoms with Gasteiger partial charge in [-0.3, -0.25) is 9.59 Å². The van der Waals surface area contributed by atoms with Crippen LogP contribution in [0.15, 0.2) is 16.8 Å². The fourth-order valence-corrected chi connectivity index (χ4v) is 2.86. The minimum Gasteiger partial charge on any atom is -0.492 e. The lowest BCUT2D eigenvalue weighted by Gasteiger charge is -2.36. The highest BCUT2D eigenvalue weighted by atomic mass is 16.6. The van der Waals surface area contributed by atoms with Crippen molar-refractivity contribution in [2.24, 2.45) is 10.9 Å². The first-order valence-corrected chi connectivity index (χ1v) is 7.64. The number of carbonyl (C=O) groups is 2. The molecule has 0 radical (unpaired) electrons. The molecule has 2 aliphatic heterocycles. The summed E-state index contributed by atoms with van der Waals surface area (Å²) < 4.78 is 21.9. The molecule has 0 spiro atoms. The van der Waals surface area contributed by atoms with Gasteiger partial charge in [0.1, 0.15) is 31.0 Å². The summed E-state index contributed by atoms with van der Waals surface area (Å²) in [7, 11) is 0. The average Bonchev–Trinajstić information content (AvgIpc) is 2.81. The van der Waals surface area contributed by atoms with Gasteiger partial charge in [0.25, 0.3) is 0 Å². The van der Waals surface area contributed by atoms with Crippen LogP contribution in [0.25, 0.3) is 0 Å². The molecular formula is C16H23NO6. The molecule has 0 N–H and O–H groups in total. The number of carbonyl (C=O) groups excluding carboxylic acids is 2. The highest BCUT2D eigenvalue weighted by molar-refractivity contribution is 5.75. The predicted octanol–water partition coefficient (Wildman–Crippen LogP) is 1.61. The van der Waals surface area contributed by atoms with Crippen LogP contribution in [0.3, 0.4) is 0 Å². The van der Waals surface area contributed by atoms with Crippen LogP contribution in [0.4, 0.5) is 0 Å². The van der Waals surface area contributed by atoms with Crippen molar-refractivity contribution in [3.8, 4) is 0 Å². The Bertz CT molecular complexity index is 541. The highest BCUT2D eigenvalue weighted by Crippen LogP contribution is 2.33. The summed E-state index contributed by atoms with van der Waals surface area (Å²) in [4.78, 5) is 26.9. The van der Waals surface area contributed by atoms with E-state index in [1.807, 2.05) is 19.9 Å². The Kier molecular flexibility index (Phi) is 5.28. The molecule has 0 aromatic carbocycles. The molecule has 0 saturated heterocycles. The van der Waals surface area contributed by atoms with Gasteiger partial charge in [0.2, 0.25) is 0 Å². The number of ether oxygens (including phenoxy) is 4. The van der Waals surface area contributed by atoms with Gasteiger partial charge in [0.15, 0.2) is 5.90 Å². The Balaban J connectivity index is 2.16. The summed E-state index contributed by atoms with van der Waals surface area (Å²) in [6, 6.07) is -0.205. The molecule has 5 atom stereocenters. The summed E-state index contributed by atoms with van der Waals surface area (Å²) in [6.45, 7) is 8.16. The standard InChI is InChI=1S/C16H23NO6/c1-8-6-13-15(17-10(3)22-13)16(21-8)9(2)14(23-12(5)19)7-20-11(4)18/h6,9,13-16H,7H2,1-5H3/t9-,13-,14?,15-,16+/m1/s1. The van der Waals surface area contributed by atoms with Crippen molar-refractivity contribution < 1.29 is 28.5 Å². The molecule has 0 fully saturated rings. The Hall–Kier alpha value is -2.05. The summed E-state index contributed by atoms with van der Waals surface area (Å²) in [5.74, 6) is 0.257. The molecule has 128 valence electrons. The fourth-order valence-electron chi connectivity index (χ4n) is 2.86. The van der Waals surface area contributed by atoms with Gasteiger partial charge in [0, 0.05) is 26.7 Å². The number of esters is 2. The van der Waals surface area contributed by atoms with E-state index in [-0.39, 0.29) is 30.8 Å². The summed E-state index contributed by atoms with van der Waals surface area (Å²) in [6.07, 6.45) is 0.773. The van der Waals surface area contributed by atoms with Crippen molar-refractivity contribution in [2.45, 2.75) is 59.0 Å². The van der Waals surface area contributed by atoms with Crippen LogP contribution in [-0.2, 0) is 28.5 Å². The average molecular weight is 325 g/mol. The molecule has 0 amide bonds. The van der Waals surface area contributed by atoms with E-state index in [1.165, 1.54) is 13.8 Å². The summed E-state index contributed by atoms with van der Waals surface area (Å²) >= 11 is 0. The van der Waals surface area contributed by atoms with Crippen LogP contribution in [0, 0.1) is 5.92 Å². The lowest BCUT2D eigenvalue weighted by atomic mass is 9.88. The molecule has 0 aliphatic carbocycles. The number of fused-ring (bicyclic) bond motifs is 1.